The lowest BCUT2D eigenvalue weighted by atomic mass is 10.1. The summed E-state index contributed by atoms with van der Waals surface area (Å²) in [7, 11) is 1.34. The molecule has 10 heteroatoms. The zero-order chi connectivity index (χ0) is 26.1. The Labute approximate surface area is 207 Å². The van der Waals surface area contributed by atoms with Gasteiger partial charge in [-0.1, -0.05) is 32.4 Å². The lowest BCUT2D eigenvalue weighted by Gasteiger charge is -2.14. The summed E-state index contributed by atoms with van der Waals surface area (Å²) >= 11 is 0. The maximum Gasteiger partial charge on any atom is 0.422 e. The van der Waals surface area contributed by atoms with Crippen LogP contribution in [-0.4, -0.2) is 42.3 Å². The molecular weight excluding hydrogens is 473 g/mol. The summed E-state index contributed by atoms with van der Waals surface area (Å²) in [6, 6.07) is 10.3. The molecule has 0 saturated heterocycles. The SMILES string of the molecule is CCCC(C)CNC(=O)/C=C/c1ccc(Nc2ncnc3cc(OCC(F)(F)F)c(OC)cc23)cc1. The summed E-state index contributed by atoms with van der Waals surface area (Å²) in [6.45, 7) is 3.43. The predicted octanol–water partition coefficient (Wildman–Crippen LogP) is 5.89. The van der Waals surface area contributed by atoms with Gasteiger partial charge in [0.25, 0.3) is 0 Å². The van der Waals surface area contributed by atoms with Crippen LogP contribution in [0.15, 0.2) is 48.8 Å². The van der Waals surface area contributed by atoms with Gasteiger partial charge in [-0.3, -0.25) is 4.79 Å². The smallest absolute Gasteiger partial charge is 0.422 e. The average molecular weight is 503 g/mol. The molecule has 0 fully saturated rings. The van der Waals surface area contributed by atoms with E-state index in [4.69, 9.17) is 9.47 Å². The van der Waals surface area contributed by atoms with Crippen LogP contribution in [0.4, 0.5) is 24.7 Å². The molecule has 3 rings (SSSR count). The Balaban J connectivity index is 1.70. The van der Waals surface area contributed by atoms with E-state index in [1.807, 2.05) is 24.3 Å². The number of benzene rings is 2. The van der Waals surface area contributed by atoms with Gasteiger partial charge in [0, 0.05) is 29.8 Å². The second-order valence-corrected chi connectivity index (χ2v) is 8.37. The Kier molecular flexibility index (Phi) is 9.10. The van der Waals surface area contributed by atoms with Crippen molar-refractivity contribution in [2.75, 3.05) is 25.6 Å². The minimum atomic E-state index is -4.48. The standard InChI is InChI=1S/C26H29F3N4O3/c1-4-5-17(2)14-30-24(34)11-8-18-6-9-19(10-7-18)33-25-20-12-22(35-3)23(36-15-26(27,28)29)13-21(20)31-16-32-25/h6-13,16-17H,4-5,14-15H2,1-3H3,(H,30,34)(H,31,32,33)/b11-8+. The van der Waals surface area contributed by atoms with Gasteiger partial charge in [0.05, 0.1) is 12.6 Å². The monoisotopic (exact) mass is 502 g/mol. The highest BCUT2D eigenvalue weighted by Gasteiger charge is 2.29. The van der Waals surface area contributed by atoms with Crippen LogP contribution in [0.5, 0.6) is 11.5 Å². The minimum absolute atomic E-state index is 0.0630. The molecule has 1 amide bonds. The maximum atomic E-state index is 12.6. The van der Waals surface area contributed by atoms with Crippen LogP contribution in [0, 0.1) is 5.92 Å². The van der Waals surface area contributed by atoms with Gasteiger partial charge >= 0.3 is 6.18 Å². The lowest BCUT2D eigenvalue weighted by molar-refractivity contribution is -0.153. The predicted molar refractivity (Wildman–Crippen MR) is 133 cm³/mol. The number of hydrogen-bond acceptors (Lipinski definition) is 6. The van der Waals surface area contributed by atoms with Gasteiger partial charge in [0.1, 0.15) is 12.1 Å². The molecular formula is C26H29F3N4O3. The first-order valence-corrected chi connectivity index (χ1v) is 11.5. The highest BCUT2D eigenvalue weighted by Crippen LogP contribution is 2.35. The number of carbonyl (C=O) groups is 1. The van der Waals surface area contributed by atoms with Crippen molar-refractivity contribution in [2.24, 2.45) is 5.92 Å². The molecule has 0 aliphatic rings. The number of nitrogens with zero attached hydrogens (tertiary/aromatic N) is 2. The fraction of sp³-hybridized carbons (Fsp3) is 0.346. The van der Waals surface area contributed by atoms with Crippen LogP contribution < -0.4 is 20.1 Å². The molecule has 36 heavy (non-hydrogen) atoms. The molecule has 0 radical (unpaired) electrons. The average Bonchev–Trinajstić information content (AvgIpc) is 2.85. The number of rotatable bonds is 11. The Bertz CT molecular complexity index is 1200. The first-order valence-electron chi connectivity index (χ1n) is 11.5. The summed E-state index contributed by atoms with van der Waals surface area (Å²) in [5.41, 5.74) is 1.96. The van der Waals surface area contributed by atoms with Crippen molar-refractivity contribution < 1.29 is 27.4 Å². The highest BCUT2D eigenvalue weighted by atomic mass is 19.4. The van der Waals surface area contributed by atoms with Gasteiger partial charge in [0.2, 0.25) is 5.91 Å². The van der Waals surface area contributed by atoms with E-state index < -0.39 is 12.8 Å². The minimum Gasteiger partial charge on any atom is -0.493 e. The van der Waals surface area contributed by atoms with Crippen LogP contribution in [0.25, 0.3) is 17.0 Å². The number of aromatic nitrogens is 2. The van der Waals surface area contributed by atoms with E-state index in [-0.39, 0.29) is 17.4 Å². The second kappa shape index (κ2) is 12.2. The number of nitrogens with one attached hydrogen (secondary N) is 2. The quantitative estimate of drug-likeness (QED) is 0.318. The van der Waals surface area contributed by atoms with Gasteiger partial charge in [-0.2, -0.15) is 13.2 Å². The number of anilines is 2. The van der Waals surface area contributed by atoms with E-state index in [1.54, 1.807) is 6.08 Å². The van der Waals surface area contributed by atoms with Crippen molar-refractivity contribution in [1.82, 2.24) is 15.3 Å². The number of carbonyl (C=O) groups excluding carboxylic acids is 1. The molecule has 3 aromatic rings. The van der Waals surface area contributed by atoms with E-state index in [9.17, 15) is 18.0 Å². The fourth-order valence-corrected chi connectivity index (χ4v) is 3.51. The molecule has 0 spiro atoms. The molecule has 0 saturated carbocycles. The fourth-order valence-electron chi connectivity index (χ4n) is 3.51. The van der Waals surface area contributed by atoms with E-state index in [1.165, 1.54) is 31.6 Å². The van der Waals surface area contributed by atoms with Crippen molar-refractivity contribution in [3.05, 3.63) is 54.4 Å². The van der Waals surface area contributed by atoms with Gasteiger partial charge in [-0.25, -0.2) is 9.97 Å². The van der Waals surface area contributed by atoms with Gasteiger partial charge in [0.15, 0.2) is 18.1 Å². The third kappa shape index (κ3) is 7.86. The largest absolute Gasteiger partial charge is 0.493 e. The zero-order valence-corrected chi connectivity index (χ0v) is 20.4. The van der Waals surface area contributed by atoms with Crippen molar-refractivity contribution in [3.8, 4) is 11.5 Å². The first-order chi connectivity index (χ1) is 17.2. The molecule has 2 N–H and O–H groups in total. The number of fused-ring (bicyclic) bond motifs is 1. The van der Waals surface area contributed by atoms with Crippen molar-refractivity contribution in [3.63, 3.8) is 0 Å². The van der Waals surface area contributed by atoms with E-state index in [0.717, 1.165) is 24.1 Å². The highest BCUT2D eigenvalue weighted by molar-refractivity contribution is 5.93. The molecule has 7 nitrogen and oxygen atoms in total. The second-order valence-electron chi connectivity index (χ2n) is 8.37. The molecule has 0 aliphatic carbocycles. The summed E-state index contributed by atoms with van der Waals surface area (Å²) in [5, 5.41) is 6.63. The molecule has 192 valence electrons. The Morgan fingerprint density at radius 3 is 2.56 bits per heavy atom. The third-order valence-electron chi connectivity index (χ3n) is 5.32. The third-order valence-corrected chi connectivity index (χ3v) is 5.32. The van der Waals surface area contributed by atoms with Crippen LogP contribution in [0.3, 0.4) is 0 Å². The summed E-state index contributed by atoms with van der Waals surface area (Å²) < 4.78 is 47.8. The summed E-state index contributed by atoms with van der Waals surface area (Å²) in [6.07, 6.45) is 2.22. The van der Waals surface area contributed by atoms with E-state index in [2.05, 4.69) is 34.4 Å². The summed E-state index contributed by atoms with van der Waals surface area (Å²) in [5.74, 6) is 0.818. The topological polar surface area (TPSA) is 85.4 Å². The van der Waals surface area contributed by atoms with Crippen LogP contribution in [-0.2, 0) is 4.79 Å². The van der Waals surface area contributed by atoms with Gasteiger partial charge < -0.3 is 20.1 Å². The van der Waals surface area contributed by atoms with Crippen LogP contribution in [0.2, 0.25) is 0 Å². The van der Waals surface area contributed by atoms with Crippen molar-refractivity contribution in [1.29, 1.82) is 0 Å². The van der Waals surface area contributed by atoms with Gasteiger partial charge in [-0.05, 0) is 42.2 Å². The summed E-state index contributed by atoms with van der Waals surface area (Å²) in [4.78, 5) is 20.4. The normalized spacial score (nSPS) is 12.5. The Morgan fingerprint density at radius 2 is 1.89 bits per heavy atom. The van der Waals surface area contributed by atoms with Crippen molar-refractivity contribution >= 4 is 34.4 Å². The Morgan fingerprint density at radius 1 is 1.14 bits per heavy atom. The molecule has 2 aromatic carbocycles. The van der Waals surface area contributed by atoms with E-state index >= 15 is 0 Å². The van der Waals surface area contributed by atoms with Crippen molar-refractivity contribution in [2.45, 2.75) is 32.9 Å². The number of hydrogen-bond donors (Lipinski definition) is 2. The maximum absolute atomic E-state index is 12.6. The molecule has 0 aliphatic heterocycles. The lowest BCUT2D eigenvalue weighted by Crippen LogP contribution is -2.26. The number of ether oxygens (including phenoxy) is 2. The number of alkyl halides is 3. The molecule has 1 atom stereocenters. The number of halogens is 3. The molecule has 1 aromatic heterocycles. The number of methoxy groups -OCH3 is 1. The van der Waals surface area contributed by atoms with Gasteiger partial charge in [-0.15, -0.1) is 0 Å². The van der Waals surface area contributed by atoms with E-state index in [0.29, 0.717) is 29.2 Å². The molecule has 1 heterocycles. The van der Waals surface area contributed by atoms with Crippen LogP contribution in [0.1, 0.15) is 32.3 Å². The number of amides is 1. The molecule has 0 bridgehead atoms. The Hall–Kier alpha value is -3.82. The van der Waals surface area contributed by atoms with Crippen LogP contribution >= 0.6 is 0 Å². The molecule has 1 unspecified atom stereocenters. The first kappa shape index (κ1) is 26.8. The zero-order valence-electron chi connectivity index (χ0n) is 20.4.